The fraction of sp³-hybridized carbons (Fsp3) is 0.545. The van der Waals surface area contributed by atoms with E-state index in [0.717, 1.165) is 0 Å². The van der Waals surface area contributed by atoms with Crippen molar-refractivity contribution in [2.75, 3.05) is 0 Å². The second-order valence-electron chi connectivity index (χ2n) is 3.76. The molecule has 0 fully saturated rings. The van der Waals surface area contributed by atoms with Crippen molar-refractivity contribution in [3.8, 4) is 0 Å². The van der Waals surface area contributed by atoms with E-state index in [1.807, 2.05) is 12.4 Å². The molecule has 0 aromatic carbocycles. The largest absolute Gasteiger partial charge is 0.264 e. The van der Waals surface area contributed by atoms with E-state index in [1.54, 1.807) is 0 Å². The molecule has 0 saturated heterocycles. The lowest BCUT2D eigenvalue weighted by molar-refractivity contribution is 0.531. The van der Waals surface area contributed by atoms with Gasteiger partial charge in [-0.05, 0) is 36.0 Å². The van der Waals surface area contributed by atoms with Gasteiger partial charge in [-0.25, -0.2) is 0 Å². The molecular formula is C11H17N. The quantitative estimate of drug-likeness (QED) is 0.652. The number of rotatable bonds is 2. The second-order valence-corrected chi connectivity index (χ2v) is 3.76. The van der Waals surface area contributed by atoms with Crippen molar-refractivity contribution in [1.82, 2.24) is 4.98 Å². The van der Waals surface area contributed by atoms with Gasteiger partial charge in [0.2, 0.25) is 0 Å². The Balaban J connectivity index is 2.94. The van der Waals surface area contributed by atoms with E-state index in [4.69, 9.17) is 0 Å². The highest BCUT2D eigenvalue weighted by Crippen LogP contribution is 2.24. The Morgan fingerprint density at radius 2 is 1.92 bits per heavy atom. The Kier molecular flexibility index (Phi) is 2.85. The van der Waals surface area contributed by atoms with Gasteiger partial charge in [0.15, 0.2) is 0 Å². The molecule has 1 atom stereocenters. The van der Waals surface area contributed by atoms with Crippen molar-refractivity contribution in [1.29, 1.82) is 0 Å². The molecule has 1 nitrogen and oxygen atoms in total. The van der Waals surface area contributed by atoms with Crippen molar-refractivity contribution in [2.24, 2.45) is 5.92 Å². The average Bonchev–Trinajstić information content (AvgIpc) is 2.04. The molecule has 1 aromatic heterocycles. The average molecular weight is 163 g/mol. The minimum atomic E-state index is 0.610. The summed E-state index contributed by atoms with van der Waals surface area (Å²) in [5, 5.41) is 0. The van der Waals surface area contributed by atoms with Crippen molar-refractivity contribution in [3.05, 3.63) is 29.6 Å². The maximum absolute atomic E-state index is 4.15. The molecule has 12 heavy (non-hydrogen) atoms. The third-order valence-electron chi connectivity index (χ3n) is 2.57. The van der Waals surface area contributed by atoms with Gasteiger partial charge in [-0.1, -0.05) is 20.8 Å². The predicted molar refractivity (Wildman–Crippen MR) is 52.2 cm³/mol. The molecule has 0 N–H and O–H groups in total. The molecule has 0 amide bonds. The van der Waals surface area contributed by atoms with Crippen LogP contribution < -0.4 is 0 Å². The molecule has 0 saturated carbocycles. The summed E-state index contributed by atoms with van der Waals surface area (Å²) in [5.74, 6) is 1.30. The van der Waals surface area contributed by atoms with E-state index in [2.05, 4.69) is 38.7 Å². The molecule has 1 rings (SSSR count). The Labute approximate surface area is 74.8 Å². The van der Waals surface area contributed by atoms with E-state index < -0.39 is 0 Å². The van der Waals surface area contributed by atoms with Gasteiger partial charge in [-0.15, -0.1) is 0 Å². The normalized spacial score (nSPS) is 13.4. The summed E-state index contributed by atoms with van der Waals surface area (Å²) in [6, 6.07) is 2.08. The summed E-state index contributed by atoms with van der Waals surface area (Å²) in [5.41, 5.74) is 2.73. The van der Waals surface area contributed by atoms with E-state index >= 15 is 0 Å². The maximum atomic E-state index is 4.15. The van der Waals surface area contributed by atoms with Crippen LogP contribution in [0.25, 0.3) is 0 Å². The highest BCUT2D eigenvalue weighted by Gasteiger charge is 2.11. The van der Waals surface area contributed by atoms with Gasteiger partial charge in [-0.2, -0.15) is 0 Å². The van der Waals surface area contributed by atoms with Crippen LogP contribution in [0.15, 0.2) is 18.5 Å². The minimum absolute atomic E-state index is 0.610. The summed E-state index contributed by atoms with van der Waals surface area (Å²) >= 11 is 0. The Hall–Kier alpha value is -0.850. The molecular weight excluding hydrogens is 146 g/mol. The maximum Gasteiger partial charge on any atom is 0.0305 e. The second kappa shape index (κ2) is 3.70. The van der Waals surface area contributed by atoms with Crippen LogP contribution in [0, 0.1) is 12.8 Å². The lowest BCUT2D eigenvalue weighted by atomic mass is 9.89. The van der Waals surface area contributed by atoms with Crippen LogP contribution in [0.2, 0.25) is 0 Å². The van der Waals surface area contributed by atoms with Crippen LogP contribution in [-0.4, -0.2) is 4.98 Å². The molecule has 1 heterocycles. The Morgan fingerprint density at radius 1 is 1.25 bits per heavy atom. The van der Waals surface area contributed by atoms with Crippen LogP contribution in [0.3, 0.4) is 0 Å². The summed E-state index contributed by atoms with van der Waals surface area (Å²) in [6.07, 6.45) is 3.84. The van der Waals surface area contributed by atoms with Gasteiger partial charge in [0.25, 0.3) is 0 Å². The zero-order chi connectivity index (χ0) is 9.14. The molecule has 0 radical (unpaired) electrons. The first kappa shape index (κ1) is 9.24. The third-order valence-corrected chi connectivity index (χ3v) is 2.57. The van der Waals surface area contributed by atoms with Crippen molar-refractivity contribution in [3.63, 3.8) is 0 Å². The van der Waals surface area contributed by atoms with Crippen molar-refractivity contribution in [2.45, 2.75) is 33.6 Å². The van der Waals surface area contributed by atoms with Gasteiger partial charge in [0.1, 0.15) is 0 Å². The third kappa shape index (κ3) is 1.84. The summed E-state index contributed by atoms with van der Waals surface area (Å²) in [7, 11) is 0. The molecule has 0 bridgehead atoms. The molecule has 66 valence electrons. The molecule has 0 spiro atoms. The molecule has 0 aliphatic heterocycles. The molecule has 1 unspecified atom stereocenters. The lowest BCUT2D eigenvalue weighted by Crippen LogP contribution is -2.04. The number of pyridine rings is 1. The number of hydrogen-bond donors (Lipinski definition) is 0. The number of aryl methyl sites for hydroxylation is 1. The first-order valence-corrected chi connectivity index (χ1v) is 4.53. The Bertz CT molecular complexity index is 253. The van der Waals surface area contributed by atoms with Crippen molar-refractivity contribution < 1.29 is 0 Å². The fourth-order valence-corrected chi connectivity index (χ4v) is 1.31. The van der Waals surface area contributed by atoms with E-state index in [9.17, 15) is 0 Å². The Morgan fingerprint density at radius 3 is 2.42 bits per heavy atom. The van der Waals surface area contributed by atoms with Gasteiger partial charge < -0.3 is 0 Å². The topological polar surface area (TPSA) is 12.9 Å². The summed E-state index contributed by atoms with van der Waals surface area (Å²) in [6.45, 7) is 8.90. The number of nitrogens with zero attached hydrogens (tertiary/aromatic N) is 1. The molecule has 1 heteroatoms. The van der Waals surface area contributed by atoms with Crippen LogP contribution in [-0.2, 0) is 0 Å². The monoisotopic (exact) mass is 163 g/mol. The summed E-state index contributed by atoms with van der Waals surface area (Å²) < 4.78 is 0. The van der Waals surface area contributed by atoms with Crippen LogP contribution in [0.1, 0.15) is 37.8 Å². The smallest absolute Gasteiger partial charge is 0.0305 e. The molecule has 0 aliphatic carbocycles. The standard InChI is InChI=1S/C11H17N/c1-8(2)10(4)11-7-12-6-5-9(11)3/h5-8,10H,1-4H3. The number of aromatic nitrogens is 1. The predicted octanol–water partition coefficient (Wildman–Crippen LogP) is 3.15. The fourth-order valence-electron chi connectivity index (χ4n) is 1.31. The van der Waals surface area contributed by atoms with Gasteiger partial charge in [0.05, 0.1) is 0 Å². The molecule has 1 aromatic rings. The van der Waals surface area contributed by atoms with Crippen molar-refractivity contribution >= 4 is 0 Å². The van der Waals surface area contributed by atoms with Crippen LogP contribution in [0.5, 0.6) is 0 Å². The SMILES string of the molecule is Cc1ccncc1C(C)C(C)C. The minimum Gasteiger partial charge on any atom is -0.264 e. The van der Waals surface area contributed by atoms with E-state index in [-0.39, 0.29) is 0 Å². The zero-order valence-electron chi connectivity index (χ0n) is 8.33. The highest BCUT2D eigenvalue weighted by molar-refractivity contribution is 5.25. The zero-order valence-corrected chi connectivity index (χ0v) is 8.33. The van der Waals surface area contributed by atoms with E-state index in [0.29, 0.717) is 11.8 Å². The van der Waals surface area contributed by atoms with Gasteiger partial charge in [-0.3, -0.25) is 4.98 Å². The summed E-state index contributed by atoms with van der Waals surface area (Å²) in [4.78, 5) is 4.15. The first-order valence-electron chi connectivity index (χ1n) is 4.53. The first-order chi connectivity index (χ1) is 5.63. The highest BCUT2D eigenvalue weighted by atomic mass is 14.6. The van der Waals surface area contributed by atoms with Crippen LogP contribution >= 0.6 is 0 Å². The van der Waals surface area contributed by atoms with Crippen LogP contribution in [0.4, 0.5) is 0 Å². The van der Waals surface area contributed by atoms with Gasteiger partial charge >= 0.3 is 0 Å². The van der Waals surface area contributed by atoms with Gasteiger partial charge in [0, 0.05) is 12.4 Å². The molecule has 0 aliphatic rings. The lowest BCUT2D eigenvalue weighted by Gasteiger charge is -2.17. The van der Waals surface area contributed by atoms with E-state index in [1.165, 1.54) is 11.1 Å². The number of hydrogen-bond acceptors (Lipinski definition) is 1.